The summed E-state index contributed by atoms with van der Waals surface area (Å²) in [4.78, 5) is 35.5. The van der Waals surface area contributed by atoms with Crippen molar-refractivity contribution in [3.8, 4) is 0 Å². The summed E-state index contributed by atoms with van der Waals surface area (Å²) in [5, 5.41) is 5.62. The molecule has 8 heteroatoms. The van der Waals surface area contributed by atoms with E-state index in [1.165, 1.54) is 31.2 Å². The van der Waals surface area contributed by atoms with Crippen LogP contribution in [0.15, 0.2) is 54.2 Å². The first kappa shape index (κ1) is 20.5. The van der Waals surface area contributed by atoms with Crippen LogP contribution < -0.4 is 10.6 Å². The maximum atomic E-state index is 12.2. The molecule has 0 spiro atoms. The Morgan fingerprint density at radius 3 is 2.26 bits per heavy atom. The van der Waals surface area contributed by atoms with E-state index in [9.17, 15) is 14.4 Å². The Labute approximate surface area is 166 Å². The summed E-state index contributed by atoms with van der Waals surface area (Å²) in [5.74, 6) is -1.86. The quantitative estimate of drug-likeness (QED) is 0.566. The van der Waals surface area contributed by atoms with E-state index in [1.807, 2.05) is 6.07 Å². The number of esters is 1. The van der Waals surface area contributed by atoms with E-state index in [-0.39, 0.29) is 5.70 Å². The van der Waals surface area contributed by atoms with E-state index in [0.717, 1.165) is 0 Å². The van der Waals surface area contributed by atoms with Crippen LogP contribution in [0.25, 0.3) is 6.08 Å². The Kier molecular flexibility index (Phi) is 7.40. The van der Waals surface area contributed by atoms with Gasteiger partial charge in [0.1, 0.15) is 5.70 Å². The molecule has 0 unspecified atom stereocenters. The highest BCUT2D eigenvalue weighted by Gasteiger charge is 2.15. The number of nitrogens with one attached hydrogen (secondary N) is 2. The van der Waals surface area contributed by atoms with E-state index >= 15 is 0 Å². The molecule has 2 aromatic rings. The zero-order valence-corrected chi connectivity index (χ0v) is 15.8. The van der Waals surface area contributed by atoms with Gasteiger partial charge in [0.05, 0.1) is 0 Å². The van der Waals surface area contributed by atoms with Crippen LogP contribution >= 0.6 is 23.2 Å². The summed E-state index contributed by atoms with van der Waals surface area (Å²) in [6.45, 7) is 0.719. The third-order valence-corrected chi connectivity index (χ3v) is 3.56. The molecule has 0 atom stereocenters. The molecule has 0 aromatic heterocycles. The van der Waals surface area contributed by atoms with E-state index in [1.54, 1.807) is 24.3 Å². The Hall–Kier alpha value is -2.83. The van der Waals surface area contributed by atoms with E-state index in [0.29, 0.717) is 21.3 Å². The van der Waals surface area contributed by atoms with Gasteiger partial charge >= 0.3 is 5.97 Å². The molecule has 0 bridgehead atoms. The molecule has 2 rings (SSSR count). The van der Waals surface area contributed by atoms with Gasteiger partial charge in [0.25, 0.3) is 5.91 Å². The highest BCUT2D eigenvalue weighted by Crippen LogP contribution is 2.22. The van der Waals surface area contributed by atoms with Gasteiger partial charge in [0.15, 0.2) is 6.61 Å². The summed E-state index contributed by atoms with van der Waals surface area (Å²) in [6.07, 6.45) is 1.46. The third-order valence-electron chi connectivity index (χ3n) is 3.12. The zero-order chi connectivity index (χ0) is 19.8. The predicted molar refractivity (Wildman–Crippen MR) is 104 cm³/mol. The minimum Gasteiger partial charge on any atom is -0.451 e. The Balaban J connectivity index is 2.01. The van der Waals surface area contributed by atoms with Crippen molar-refractivity contribution in [3.63, 3.8) is 0 Å². The molecule has 2 N–H and O–H groups in total. The molecule has 27 heavy (non-hydrogen) atoms. The van der Waals surface area contributed by atoms with Crippen LogP contribution in [0.1, 0.15) is 12.5 Å². The van der Waals surface area contributed by atoms with Crippen molar-refractivity contribution in [2.45, 2.75) is 6.92 Å². The lowest BCUT2D eigenvalue weighted by atomic mass is 10.2. The van der Waals surface area contributed by atoms with E-state index in [4.69, 9.17) is 27.9 Å². The lowest BCUT2D eigenvalue weighted by Gasteiger charge is -2.10. The van der Waals surface area contributed by atoms with Crippen LogP contribution in [0.3, 0.4) is 0 Å². The maximum Gasteiger partial charge on any atom is 0.355 e. The SMILES string of the molecule is CC(=O)N/C(=C\c1ccccc1)C(=O)OCC(=O)Nc1cc(Cl)cc(Cl)c1. The van der Waals surface area contributed by atoms with Crippen molar-refractivity contribution in [2.24, 2.45) is 0 Å². The van der Waals surface area contributed by atoms with Crippen LogP contribution in [0, 0.1) is 0 Å². The van der Waals surface area contributed by atoms with Crippen LogP contribution in [-0.2, 0) is 19.1 Å². The number of hydrogen-bond donors (Lipinski definition) is 2. The second-order valence-corrected chi connectivity index (χ2v) is 6.31. The van der Waals surface area contributed by atoms with Crippen LogP contribution in [0.4, 0.5) is 5.69 Å². The first-order valence-electron chi connectivity index (χ1n) is 7.81. The number of amides is 2. The van der Waals surface area contributed by atoms with Gasteiger partial charge in [-0.2, -0.15) is 0 Å². The zero-order valence-electron chi connectivity index (χ0n) is 14.3. The molecule has 2 aromatic carbocycles. The van der Waals surface area contributed by atoms with Gasteiger partial charge in [-0.1, -0.05) is 53.5 Å². The molecule has 6 nitrogen and oxygen atoms in total. The molecular formula is C19H16Cl2N2O4. The number of carbonyl (C=O) groups is 3. The molecule has 0 aliphatic carbocycles. The topological polar surface area (TPSA) is 84.5 Å². The van der Waals surface area contributed by atoms with Gasteiger partial charge in [-0.3, -0.25) is 9.59 Å². The third kappa shape index (κ3) is 7.13. The summed E-state index contributed by atoms with van der Waals surface area (Å²) < 4.78 is 4.97. The normalized spacial score (nSPS) is 10.9. The fourth-order valence-electron chi connectivity index (χ4n) is 2.08. The number of anilines is 1. The lowest BCUT2D eigenvalue weighted by molar-refractivity contribution is -0.144. The molecule has 0 aliphatic heterocycles. The Morgan fingerprint density at radius 1 is 1.04 bits per heavy atom. The summed E-state index contributed by atoms with van der Waals surface area (Å²) in [5.41, 5.74) is 0.985. The van der Waals surface area contributed by atoms with E-state index < -0.39 is 24.4 Å². The summed E-state index contributed by atoms with van der Waals surface area (Å²) >= 11 is 11.7. The van der Waals surface area contributed by atoms with Gasteiger partial charge in [-0.25, -0.2) is 4.79 Å². The number of carbonyl (C=O) groups excluding carboxylic acids is 3. The molecule has 140 valence electrons. The number of ether oxygens (including phenoxy) is 1. The van der Waals surface area contributed by atoms with Crippen LogP contribution in [0.5, 0.6) is 0 Å². The average Bonchev–Trinajstić information content (AvgIpc) is 2.58. The number of hydrogen-bond acceptors (Lipinski definition) is 4. The lowest BCUT2D eigenvalue weighted by Crippen LogP contribution is -2.28. The fraction of sp³-hybridized carbons (Fsp3) is 0.105. The minimum absolute atomic E-state index is 0.0766. The molecule has 0 heterocycles. The minimum atomic E-state index is -0.840. The largest absolute Gasteiger partial charge is 0.451 e. The molecule has 0 fully saturated rings. The van der Waals surface area contributed by atoms with Gasteiger partial charge in [0, 0.05) is 22.7 Å². The van der Waals surface area contributed by atoms with Crippen molar-refractivity contribution in [1.29, 1.82) is 0 Å². The van der Waals surface area contributed by atoms with Crippen molar-refractivity contribution < 1.29 is 19.1 Å². The molecule has 0 aliphatic rings. The number of benzene rings is 2. The smallest absolute Gasteiger partial charge is 0.355 e. The molecule has 0 radical (unpaired) electrons. The first-order valence-corrected chi connectivity index (χ1v) is 8.56. The predicted octanol–water partition coefficient (Wildman–Crippen LogP) is 3.65. The highest BCUT2D eigenvalue weighted by atomic mass is 35.5. The van der Waals surface area contributed by atoms with Crippen molar-refractivity contribution in [2.75, 3.05) is 11.9 Å². The average molecular weight is 407 g/mol. The Bertz CT molecular complexity index is 862. The molecule has 2 amide bonds. The first-order chi connectivity index (χ1) is 12.8. The summed E-state index contributed by atoms with van der Waals surface area (Å²) in [7, 11) is 0. The van der Waals surface area contributed by atoms with Crippen molar-refractivity contribution >= 4 is 52.7 Å². The van der Waals surface area contributed by atoms with Gasteiger partial charge in [-0.15, -0.1) is 0 Å². The van der Waals surface area contributed by atoms with Crippen molar-refractivity contribution in [1.82, 2.24) is 5.32 Å². The second kappa shape index (κ2) is 9.75. The summed E-state index contributed by atoms with van der Waals surface area (Å²) in [6, 6.07) is 13.4. The molecule has 0 saturated carbocycles. The van der Waals surface area contributed by atoms with Crippen LogP contribution in [-0.4, -0.2) is 24.4 Å². The van der Waals surface area contributed by atoms with Crippen molar-refractivity contribution in [3.05, 3.63) is 69.8 Å². The van der Waals surface area contributed by atoms with E-state index in [2.05, 4.69) is 10.6 Å². The van der Waals surface area contributed by atoms with Gasteiger partial charge < -0.3 is 15.4 Å². The molecule has 0 saturated heterocycles. The maximum absolute atomic E-state index is 12.2. The monoisotopic (exact) mass is 406 g/mol. The molecular weight excluding hydrogens is 391 g/mol. The second-order valence-electron chi connectivity index (χ2n) is 5.43. The fourth-order valence-corrected chi connectivity index (χ4v) is 2.61. The highest BCUT2D eigenvalue weighted by molar-refractivity contribution is 6.35. The standard InChI is InChI=1S/C19H16Cl2N2O4/c1-12(24)22-17(7-13-5-3-2-4-6-13)19(26)27-11-18(25)23-16-9-14(20)8-15(21)10-16/h2-10H,11H2,1H3,(H,22,24)(H,23,25)/b17-7-. The van der Waals surface area contributed by atoms with Crippen LogP contribution in [0.2, 0.25) is 10.0 Å². The number of rotatable bonds is 6. The van der Waals surface area contributed by atoms with Gasteiger partial charge in [-0.05, 0) is 29.8 Å². The Morgan fingerprint density at radius 2 is 1.67 bits per heavy atom. The van der Waals surface area contributed by atoms with Gasteiger partial charge in [0.2, 0.25) is 5.91 Å². The number of halogens is 2.